The van der Waals surface area contributed by atoms with Crippen LogP contribution in [0.5, 0.6) is 0 Å². The van der Waals surface area contributed by atoms with Gasteiger partial charge >= 0.3 is 17.9 Å². The molecule has 390 valence electrons. The predicted molar refractivity (Wildman–Crippen MR) is 297 cm³/mol. The normalized spacial score (nSPS) is 13.0. The smallest absolute Gasteiger partial charge is 0.310 e. The lowest BCUT2D eigenvalue weighted by Gasteiger charge is -2.18. The van der Waals surface area contributed by atoms with E-state index in [2.05, 4.69) is 130 Å². The summed E-state index contributed by atoms with van der Waals surface area (Å²) in [6, 6.07) is 0. The van der Waals surface area contributed by atoms with Crippen molar-refractivity contribution in [2.24, 2.45) is 0 Å². The molecule has 1 unspecified atom stereocenters. The first-order valence-corrected chi connectivity index (χ1v) is 28.0. The molecule has 0 aliphatic rings. The highest BCUT2D eigenvalue weighted by atomic mass is 16.6. The Morgan fingerprint density at radius 3 is 0.971 bits per heavy atom. The van der Waals surface area contributed by atoms with Crippen LogP contribution < -0.4 is 0 Å². The van der Waals surface area contributed by atoms with Crippen LogP contribution in [0.25, 0.3) is 0 Å². The molecule has 1 atom stereocenters. The third-order valence-corrected chi connectivity index (χ3v) is 11.5. The number of hydrogen-bond donors (Lipinski definition) is 0. The van der Waals surface area contributed by atoms with Crippen LogP contribution in [-0.2, 0) is 28.6 Å². The lowest BCUT2D eigenvalue weighted by molar-refractivity contribution is -0.166. The molecule has 0 aliphatic heterocycles. The Hall–Kier alpha value is -4.19. The summed E-state index contributed by atoms with van der Waals surface area (Å²) < 4.78 is 16.7. The van der Waals surface area contributed by atoms with Crippen molar-refractivity contribution >= 4 is 17.9 Å². The van der Waals surface area contributed by atoms with Gasteiger partial charge < -0.3 is 14.2 Å². The number of carbonyl (C=O) groups excluding carboxylic acids is 3. The van der Waals surface area contributed by atoms with E-state index in [1.54, 1.807) is 6.08 Å². The Bertz CT molecular complexity index is 1470. The van der Waals surface area contributed by atoms with Gasteiger partial charge in [0.05, 0.1) is 6.42 Å². The van der Waals surface area contributed by atoms with Gasteiger partial charge in [-0.05, 0) is 109 Å². The maximum atomic E-state index is 12.8. The largest absolute Gasteiger partial charge is 0.462 e. The fraction of sp³-hybridized carbons (Fsp3) is 0.635. The van der Waals surface area contributed by atoms with Crippen molar-refractivity contribution in [1.29, 1.82) is 0 Å². The van der Waals surface area contributed by atoms with E-state index >= 15 is 0 Å². The fourth-order valence-electron chi connectivity index (χ4n) is 7.33. The number of rotatable bonds is 49. The molecule has 0 aromatic rings. The van der Waals surface area contributed by atoms with Gasteiger partial charge in [-0.2, -0.15) is 0 Å². The highest BCUT2D eigenvalue weighted by molar-refractivity contribution is 5.72. The van der Waals surface area contributed by atoms with Crippen LogP contribution in [0.2, 0.25) is 0 Å². The van der Waals surface area contributed by atoms with Gasteiger partial charge in [-0.25, -0.2) is 0 Å². The minimum absolute atomic E-state index is 0.0859. The highest BCUT2D eigenvalue weighted by Crippen LogP contribution is 2.14. The lowest BCUT2D eigenvalue weighted by atomic mass is 10.0. The molecule has 0 N–H and O–H groups in total. The Morgan fingerprint density at radius 2 is 0.609 bits per heavy atom. The van der Waals surface area contributed by atoms with E-state index in [-0.39, 0.29) is 31.6 Å². The zero-order valence-electron chi connectivity index (χ0n) is 44.5. The molecule has 0 aromatic carbocycles. The number of ether oxygens (including phenoxy) is 3. The Balaban J connectivity index is 4.45. The summed E-state index contributed by atoms with van der Waals surface area (Å²) in [5.74, 6) is -1.10. The summed E-state index contributed by atoms with van der Waals surface area (Å²) in [6.07, 6.45) is 77.9. The third kappa shape index (κ3) is 54.6. The van der Waals surface area contributed by atoms with Gasteiger partial charge in [0, 0.05) is 12.8 Å². The van der Waals surface area contributed by atoms with Crippen molar-refractivity contribution in [2.45, 2.75) is 245 Å². The minimum atomic E-state index is -0.848. The van der Waals surface area contributed by atoms with Gasteiger partial charge in [-0.15, -0.1) is 0 Å². The van der Waals surface area contributed by atoms with Crippen molar-refractivity contribution in [3.8, 4) is 0 Å². The van der Waals surface area contributed by atoms with E-state index in [9.17, 15) is 14.4 Å². The molecule has 6 heteroatoms. The Labute approximate surface area is 424 Å². The monoisotopic (exact) mass is 955 g/mol. The quantitative estimate of drug-likeness (QED) is 0.0262. The molecular weight excluding hydrogens is 853 g/mol. The molecule has 0 saturated carbocycles. The van der Waals surface area contributed by atoms with E-state index in [0.29, 0.717) is 19.3 Å². The molecule has 0 rings (SSSR count). The van der Waals surface area contributed by atoms with Crippen LogP contribution in [-0.4, -0.2) is 37.2 Å². The summed E-state index contributed by atoms with van der Waals surface area (Å²) >= 11 is 0. The number of unbranched alkanes of at least 4 members (excludes halogenated alkanes) is 19. The molecular formula is C63H102O6. The fourth-order valence-corrected chi connectivity index (χ4v) is 7.33. The van der Waals surface area contributed by atoms with Gasteiger partial charge in [0.15, 0.2) is 6.10 Å². The van der Waals surface area contributed by atoms with Crippen molar-refractivity contribution in [3.63, 3.8) is 0 Å². The zero-order chi connectivity index (χ0) is 50.0. The van der Waals surface area contributed by atoms with E-state index in [1.165, 1.54) is 96.3 Å². The first-order valence-electron chi connectivity index (χ1n) is 28.0. The molecule has 0 radical (unpaired) electrons. The Morgan fingerprint density at radius 1 is 0.319 bits per heavy atom. The molecule has 0 saturated heterocycles. The van der Waals surface area contributed by atoms with Crippen LogP contribution in [0.3, 0.4) is 0 Å². The van der Waals surface area contributed by atoms with Gasteiger partial charge in [-0.3, -0.25) is 14.4 Å². The SMILES string of the molecule is CC/C=C\C/C=C\C/C=C\C/C=C\C/C=C\CC(=O)OC(COC(=O)CCCCC/C=C\C/C=C\C/C=C\CC)COC(=O)CCCCCCCCCCCCC/C=C\C/C=C\CCCCCCC. The van der Waals surface area contributed by atoms with Gasteiger partial charge in [0.2, 0.25) is 0 Å². The van der Waals surface area contributed by atoms with Gasteiger partial charge in [0.25, 0.3) is 0 Å². The molecule has 0 fully saturated rings. The number of allylic oxidation sites excluding steroid dienone is 19. The molecule has 0 bridgehead atoms. The second-order valence-electron chi connectivity index (χ2n) is 18.1. The minimum Gasteiger partial charge on any atom is -0.462 e. The number of carbonyl (C=O) groups is 3. The third-order valence-electron chi connectivity index (χ3n) is 11.5. The van der Waals surface area contributed by atoms with Gasteiger partial charge in [-0.1, -0.05) is 232 Å². The average molecular weight is 956 g/mol. The zero-order valence-corrected chi connectivity index (χ0v) is 44.5. The molecule has 0 aliphatic carbocycles. The van der Waals surface area contributed by atoms with Crippen molar-refractivity contribution in [1.82, 2.24) is 0 Å². The molecule has 0 heterocycles. The lowest BCUT2D eigenvalue weighted by Crippen LogP contribution is -2.30. The first-order chi connectivity index (χ1) is 34.0. The first kappa shape index (κ1) is 64.8. The number of esters is 3. The molecule has 0 spiro atoms. The van der Waals surface area contributed by atoms with Crippen molar-refractivity contribution in [3.05, 3.63) is 122 Å². The van der Waals surface area contributed by atoms with E-state index in [1.807, 2.05) is 6.08 Å². The topological polar surface area (TPSA) is 78.9 Å². The van der Waals surface area contributed by atoms with Crippen LogP contribution in [0.1, 0.15) is 239 Å². The molecule has 6 nitrogen and oxygen atoms in total. The molecule has 69 heavy (non-hydrogen) atoms. The van der Waals surface area contributed by atoms with Crippen molar-refractivity contribution in [2.75, 3.05) is 13.2 Å². The molecule has 0 amide bonds. The van der Waals surface area contributed by atoms with E-state index in [0.717, 1.165) is 96.3 Å². The maximum absolute atomic E-state index is 12.8. The van der Waals surface area contributed by atoms with Crippen molar-refractivity contribution < 1.29 is 28.6 Å². The molecule has 0 aromatic heterocycles. The summed E-state index contributed by atoms with van der Waals surface area (Å²) in [5, 5.41) is 0. The average Bonchev–Trinajstić information content (AvgIpc) is 3.35. The summed E-state index contributed by atoms with van der Waals surface area (Å²) in [7, 11) is 0. The highest BCUT2D eigenvalue weighted by Gasteiger charge is 2.19. The van der Waals surface area contributed by atoms with Gasteiger partial charge in [0.1, 0.15) is 13.2 Å². The van der Waals surface area contributed by atoms with E-state index < -0.39 is 12.1 Å². The van der Waals surface area contributed by atoms with Crippen LogP contribution >= 0.6 is 0 Å². The Kier molecular flexibility index (Phi) is 53.0. The number of hydrogen-bond acceptors (Lipinski definition) is 6. The summed E-state index contributed by atoms with van der Waals surface area (Å²) in [6.45, 7) is 6.28. The predicted octanol–water partition coefficient (Wildman–Crippen LogP) is 18.9. The van der Waals surface area contributed by atoms with Crippen LogP contribution in [0.4, 0.5) is 0 Å². The van der Waals surface area contributed by atoms with Crippen LogP contribution in [0, 0.1) is 0 Å². The van der Waals surface area contributed by atoms with Crippen LogP contribution in [0.15, 0.2) is 122 Å². The standard InChI is InChI=1S/C63H102O6/c1-4-7-10-13-16-19-22-25-27-28-29-30-31-32-33-34-36-38-41-44-47-50-53-56-62(65)68-59-60(58-67-61(64)55-52-49-46-43-40-37-24-21-18-15-12-9-6-3)69-63(66)57-54-51-48-45-42-39-35-26-23-20-17-14-11-8-5-2/h8-9,11-12,17-18,20-22,25-26,28-29,35,37,40,42,45,51,54,60H,4-7,10,13-16,19,23-24,27,30-34,36,38-39,41,43-44,46-50,52-53,55-59H2,1-3H3/b11-8-,12-9-,20-17-,21-18-,25-22-,29-28-,35-26-,40-37-,45-42-,54-51-. The second-order valence-corrected chi connectivity index (χ2v) is 18.1. The maximum Gasteiger partial charge on any atom is 0.310 e. The summed E-state index contributed by atoms with van der Waals surface area (Å²) in [5.41, 5.74) is 0. The second kappa shape index (κ2) is 56.4. The van der Waals surface area contributed by atoms with E-state index in [4.69, 9.17) is 14.2 Å². The summed E-state index contributed by atoms with van der Waals surface area (Å²) in [4.78, 5) is 38.0.